The van der Waals surface area contributed by atoms with Crippen molar-refractivity contribution >= 4 is 22.4 Å². The molecule has 0 amide bonds. The molecule has 22 heavy (non-hydrogen) atoms. The molecule has 0 spiro atoms. The number of ether oxygens (including phenoxy) is 1. The largest absolute Gasteiger partial charge is 0.497 e. The Morgan fingerprint density at radius 2 is 2.09 bits per heavy atom. The van der Waals surface area contributed by atoms with Crippen LogP contribution in [0.2, 0.25) is 0 Å². The summed E-state index contributed by atoms with van der Waals surface area (Å²) >= 11 is 0. The van der Waals surface area contributed by atoms with Crippen molar-refractivity contribution < 1.29 is 9.13 Å². The minimum absolute atomic E-state index is 0.299. The quantitative estimate of drug-likeness (QED) is 0.718. The smallest absolute Gasteiger partial charge is 0.141 e. The van der Waals surface area contributed by atoms with Gasteiger partial charge >= 0.3 is 0 Å². The number of nitrogens with one attached hydrogen (secondary N) is 1. The number of hydrogen-bond donors (Lipinski definition) is 1. The Kier molecular flexibility index (Phi) is 3.96. The molecule has 5 heteroatoms. The Balaban J connectivity index is 1.94. The average Bonchev–Trinajstić information content (AvgIpc) is 2.53. The molecule has 110 valence electrons. The summed E-state index contributed by atoms with van der Waals surface area (Å²) in [7, 11) is 0. The maximum atomic E-state index is 13.3. The first-order valence-electron chi connectivity index (χ1n) is 6.75. The highest BCUT2D eigenvalue weighted by molar-refractivity contribution is 5.90. The van der Waals surface area contributed by atoms with E-state index < -0.39 is 0 Å². The molecule has 0 unspecified atom stereocenters. The van der Waals surface area contributed by atoms with E-state index >= 15 is 0 Å². The van der Waals surface area contributed by atoms with Crippen molar-refractivity contribution in [1.29, 1.82) is 0 Å². The van der Waals surface area contributed by atoms with Gasteiger partial charge in [-0.1, -0.05) is 18.7 Å². The molecule has 4 nitrogen and oxygen atoms in total. The van der Waals surface area contributed by atoms with Gasteiger partial charge in [-0.25, -0.2) is 14.4 Å². The van der Waals surface area contributed by atoms with Gasteiger partial charge in [-0.15, -0.1) is 0 Å². The molecule has 0 saturated carbocycles. The van der Waals surface area contributed by atoms with Gasteiger partial charge in [0.1, 0.15) is 24.6 Å². The van der Waals surface area contributed by atoms with Crippen LogP contribution in [0, 0.1) is 5.82 Å². The Morgan fingerprint density at radius 3 is 2.91 bits per heavy atom. The van der Waals surface area contributed by atoms with Crippen LogP contribution in [0.1, 0.15) is 5.56 Å². The number of anilines is 2. The second kappa shape index (κ2) is 6.22. The van der Waals surface area contributed by atoms with Gasteiger partial charge in [0.2, 0.25) is 0 Å². The van der Waals surface area contributed by atoms with Crippen molar-refractivity contribution in [2.24, 2.45) is 0 Å². The van der Waals surface area contributed by atoms with E-state index in [-0.39, 0.29) is 5.82 Å². The van der Waals surface area contributed by atoms with Gasteiger partial charge in [-0.3, -0.25) is 0 Å². The van der Waals surface area contributed by atoms with Gasteiger partial charge in [0.25, 0.3) is 0 Å². The Hall–Kier alpha value is -2.95. The molecular weight excluding hydrogens is 281 g/mol. The van der Waals surface area contributed by atoms with Crippen molar-refractivity contribution in [3.05, 3.63) is 73.0 Å². The first-order valence-corrected chi connectivity index (χ1v) is 6.75. The van der Waals surface area contributed by atoms with Crippen LogP contribution in [0.5, 0.6) is 0 Å². The lowest BCUT2D eigenvalue weighted by atomic mass is 10.1. The molecule has 0 aliphatic carbocycles. The summed E-state index contributed by atoms with van der Waals surface area (Å²) in [5.74, 6) is 0.332. The Morgan fingerprint density at radius 1 is 1.18 bits per heavy atom. The number of nitrogens with zero attached hydrogens (tertiary/aromatic N) is 2. The highest BCUT2D eigenvalue weighted by Gasteiger charge is 2.06. The summed E-state index contributed by atoms with van der Waals surface area (Å²) in [6.45, 7) is 3.96. The third-order valence-corrected chi connectivity index (χ3v) is 3.16. The molecule has 1 N–H and O–H groups in total. The molecule has 0 atom stereocenters. The lowest BCUT2D eigenvalue weighted by molar-refractivity contribution is 0.238. The minimum Gasteiger partial charge on any atom is -0.497 e. The molecule has 0 radical (unpaired) electrons. The molecule has 0 aliphatic rings. The van der Waals surface area contributed by atoms with E-state index in [0.717, 1.165) is 16.5 Å². The van der Waals surface area contributed by atoms with Crippen molar-refractivity contribution in [1.82, 2.24) is 9.97 Å². The number of rotatable bonds is 5. The van der Waals surface area contributed by atoms with Crippen LogP contribution in [-0.2, 0) is 11.3 Å². The maximum Gasteiger partial charge on any atom is 0.141 e. The predicted octanol–water partition coefficient (Wildman–Crippen LogP) is 4.17. The highest BCUT2D eigenvalue weighted by Crippen LogP contribution is 2.24. The van der Waals surface area contributed by atoms with Crippen LogP contribution in [0.25, 0.3) is 10.9 Å². The molecule has 0 fully saturated rings. The third kappa shape index (κ3) is 3.03. The van der Waals surface area contributed by atoms with E-state index in [1.165, 1.54) is 24.7 Å². The Bertz CT molecular complexity index is 820. The van der Waals surface area contributed by atoms with Gasteiger partial charge in [0, 0.05) is 11.1 Å². The number of fused-ring (bicyclic) bond motifs is 1. The van der Waals surface area contributed by atoms with Crippen LogP contribution in [0.15, 0.2) is 61.6 Å². The van der Waals surface area contributed by atoms with E-state index in [0.29, 0.717) is 18.1 Å². The fourth-order valence-electron chi connectivity index (χ4n) is 2.15. The second-order valence-electron chi connectivity index (χ2n) is 4.69. The minimum atomic E-state index is -0.299. The summed E-state index contributed by atoms with van der Waals surface area (Å²) in [5.41, 5.74) is 2.42. The van der Waals surface area contributed by atoms with Crippen LogP contribution in [-0.4, -0.2) is 9.97 Å². The zero-order valence-corrected chi connectivity index (χ0v) is 11.8. The molecule has 0 aliphatic heterocycles. The first kappa shape index (κ1) is 14.0. The van der Waals surface area contributed by atoms with Crippen molar-refractivity contribution in [2.75, 3.05) is 5.32 Å². The predicted molar refractivity (Wildman–Crippen MR) is 84.2 cm³/mol. The van der Waals surface area contributed by atoms with E-state index in [2.05, 4.69) is 21.9 Å². The van der Waals surface area contributed by atoms with Crippen LogP contribution in [0.4, 0.5) is 15.9 Å². The third-order valence-electron chi connectivity index (χ3n) is 3.16. The van der Waals surface area contributed by atoms with Crippen LogP contribution >= 0.6 is 0 Å². The van der Waals surface area contributed by atoms with Crippen molar-refractivity contribution in [3.63, 3.8) is 0 Å². The second-order valence-corrected chi connectivity index (χ2v) is 4.69. The first-order chi connectivity index (χ1) is 10.8. The molecule has 2 aromatic carbocycles. The summed E-state index contributed by atoms with van der Waals surface area (Å²) < 4.78 is 18.4. The molecular formula is C17H14FN3O. The summed E-state index contributed by atoms with van der Waals surface area (Å²) in [6, 6.07) is 12.0. The van der Waals surface area contributed by atoms with Gasteiger partial charge in [-0.05, 0) is 35.9 Å². The molecule has 1 heterocycles. The Labute approximate surface area is 127 Å². The maximum absolute atomic E-state index is 13.3. The molecule has 0 saturated heterocycles. The summed E-state index contributed by atoms with van der Waals surface area (Å²) in [6.07, 6.45) is 2.88. The van der Waals surface area contributed by atoms with Crippen LogP contribution in [0.3, 0.4) is 0 Å². The summed E-state index contributed by atoms with van der Waals surface area (Å²) in [4.78, 5) is 8.49. The van der Waals surface area contributed by atoms with Gasteiger partial charge in [0.15, 0.2) is 0 Å². The molecule has 3 rings (SSSR count). The normalized spacial score (nSPS) is 10.4. The summed E-state index contributed by atoms with van der Waals surface area (Å²) in [5, 5.41) is 3.97. The zero-order valence-electron chi connectivity index (χ0n) is 11.8. The van der Waals surface area contributed by atoms with Crippen molar-refractivity contribution in [2.45, 2.75) is 6.61 Å². The number of hydrogen-bond acceptors (Lipinski definition) is 4. The SMILES string of the molecule is C=COCc1ccc2c(Nc3cccc(F)c3)ncnc2c1. The number of aromatic nitrogens is 2. The fraction of sp³-hybridized carbons (Fsp3) is 0.0588. The average molecular weight is 295 g/mol. The van der Waals surface area contributed by atoms with Gasteiger partial charge in [-0.2, -0.15) is 0 Å². The lowest BCUT2D eigenvalue weighted by Crippen LogP contribution is -1.97. The standard InChI is InChI=1S/C17H14FN3O/c1-2-22-10-12-6-7-15-16(8-12)19-11-20-17(15)21-14-5-3-4-13(18)9-14/h2-9,11H,1,10H2,(H,19,20,21). The van der Waals surface area contributed by atoms with Crippen molar-refractivity contribution in [3.8, 4) is 0 Å². The van der Waals surface area contributed by atoms with Crippen LogP contribution < -0.4 is 5.32 Å². The number of halogens is 1. The van der Waals surface area contributed by atoms with Gasteiger partial charge < -0.3 is 10.1 Å². The highest BCUT2D eigenvalue weighted by atomic mass is 19.1. The van der Waals surface area contributed by atoms with E-state index in [9.17, 15) is 4.39 Å². The molecule has 1 aromatic heterocycles. The molecule has 3 aromatic rings. The lowest BCUT2D eigenvalue weighted by Gasteiger charge is -2.09. The van der Waals surface area contributed by atoms with Gasteiger partial charge in [0.05, 0.1) is 11.8 Å². The zero-order chi connectivity index (χ0) is 15.4. The monoisotopic (exact) mass is 295 g/mol. The van der Waals surface area contributed by atoms with E-state index in [1.807, 2.05) is 18.2 Å². The fourth-order valence-corrected chi connectivity index (χ4v) is 2.15. The van der Waals surface area contributed by atoms with E-state index in [4.69, 9.17) is 4.74 Å². The number of benzene rings is 2. The van der Waals surface area contributed by atoms with E-state index in [1.54, 1.807) is 12.1 Å². The topological polar surface area (TPSA) is 47.0 Å². The molecule has 0 bridgehead atoms.